The van der Waals surface area contributed by atoms with Crippen LogP contribution in [0.3, 0.4) is 0 Å². The summed E-state index contributed by atoms with van der Waals surface area (Å²) in [5, 5.41) is 3.01. The van der Waals surface area contributed by atoms with Crippen molar-refractivity contribution in [2.24, 2.45) is 0 Å². The molecule has 0 radical (unpaired) electrons. The molecule has 0 spiro atoms. The molecule has 0 fully saturated rings. The third-order valence-electron chi connectivity index (χ3n) is 3.45. The maximum absolute atomic E-state index is 12.1. The second-order valence-electron chi connectivity index (χ2n) is 5.86. The van der Waals surface area contributed by atoms with Gasteiger partial charge in [-0.2, -0.15) is 11.8 Å². The van der Waals surface area contributed by atoms with Gasteiger partial charge in [0.2, 0.25) is 10.0 Å². The lowest BCUT2D eigenvalue weighted by Gasteiger charge is -2.09. The highest BCUT2D eigenvalue weighted by Gasteiger charge is 2.11. The third kappa shape index (κ3) is 6.90. The van der Waals surface area contributed by atoms with E-state index in [2.05, 4.69) is 41.2 Å². The quantitative estimate of drug-likeness (QED) is 0.648. The van der Waals surface area contributed by atoms with Crippen molar-refractivity contribution >= 4 is 45.0 Å². The van der Waals surface area contributed by atoms with Crippen molar-refractivity contribution in [3.63, 3.8) is 0 Å². The summed E-state index contributed by atoms with van der Waals surface area (Å²) in [6.45, 7) is 2.60. The summed E-state index contributed by atoms with van der Waals surface area (Å²) in [5.41, 5.74) is 3.13. The second-order valence-corrected chi connectivity index (χ2v) is 9.12. The van der Waals surface area contributed by atoms with Crippen molar-refractivity contribution in [3.8, 4) is 0 Å². The number of thioether (sulfide) groups is 1. The van der Waals surface area contributed by atoms with E-state index in [1.54, 1.807) is 11.8 Å². The van der Waals surface area contributed by atoms with Gasteiger partial charge in [0.05, 0.1) is 17.0 Å². The van der Waals surface area contributed by atoms with E-state index in [4.69, 9.17) is 11.6 Å². The molecule has 0 aliphatic rings. The smallest absolute Gasteiger partial charge is 0.251 e. The van der Waals surface area contributed by atoms with Gasteiger partial charge in [0.25, 0.3) is 5.91 Å². The highest BCUT2D eigenvalue weighted by molar-refractivity contribution is 7.98. The Morgan fingerprint density at radius 2 is 1.85 bits per heavy atom. The number of carbonyl (C=O) groups excluding carboxylic acids is 1. The van der Waals surface area contributed by atoms with Gasteiger partial charge >= 0.3 is 0 Å². The first-order valence-electron chi connectivity index (χ1n) is 7.93. The Morgan fingerprint density at radius 1 is 1.15 bits per heavy atom. The van der Waals surface area contributed by atoms with Crippen molar-refractivity contribution in [1.29, 1.82) is 0 Å². The summed E-state index contributed by atoms with van der Waals surface area (Å²) in [6.07, 6.45) is 1.04. The largest absolute Gasteiger partial charge is 0.351 e. The Kier molecular flexibility index (Phi) is 7.37. The molecule has 2 aromatic rings. The number of hydrogen-bond donors (Lipinski definition) is 2. The number of aryl methyl sites for hydroxylation is 1. The van der Waals surface area contributed by atoms with Gasteiger partial charge in [0.1, 0.15) is 0 Å². The lowest BCUT2D eigenvalue weighted by molar-refractivity contribution is 0.0956. The van der Waals surface area contributed by atoms with Gasteiger partial charge in [-0.1, -0.05) is 41.4 Å². The van der Waals surface area contributed by atoms with E-state index < -0.39 is 10.0 Å². The molecule has 0 aliphatic carbocycles. The molecule has 0 aliphatic heterocycles. The van der Waals surface area contributed by atoms with Crippen molar-refractivity contribution in [1.82, 2.24) is 5.32 Å². The molecule has 0 bridgehead atoms. The molecule has 0 aromatic heterocycles. The number of benzene rings is 2. The summed E-state index contributed by atoms with van der Waals surface area (Å²) < 4.78 is 24.8. The van der Waals surface area contributed by atoms with Crippen LogP contribution >= 0.6 is 23.4 Å². The Balaban J connectivity index is 1.78. The van der Waals surface area contributed by atoms with Gasteiger partial charge in [0, 0.05) is 23.6 Å². The zero-order chi connectivity index (χ0) is 19.2. The maximum Gasteiger partial charge on any atom is 0.251 e. The number of hydrogen-bond acceptors (Lipinski definition) is 4. The van der Waals surface area contributed by atoms with Gasteiger partial charge in [-0.25, -0.2) is 8.42 Å². The molecular weight excluding hydrogens is 392 g/mol. The zero-order valence-electron chi connectivity index (χ0n) is 14.6. The van der Waals surface area contributed by atoms with E-state index in [9.17, 15) is 13.2 Å². The van der Waals surface area contributed by atoms with Gasteiger partial charge in [-0.15, -0.1) is 0 Å². The van der Waals surface area contributed by atoms with E-state index >= 15 is 0 Å². The molecule has 2 aromatic carbocycles. The summed E-state index contributed by atoms with van der Waals surface area (Å²) in [7, 11) is -3.42. The van der Waals surface area contributed by atoms with Crippen LogP contribution < -0.4 is 10.0 Å². The molecule has 0 saturated carbocycles. The average molecular weight is 413 g/mol. The zero-order valence-corrected chi connectivity index (χ0v) is 17.0. The van der Waals surface area contributed by atoms with E-state index in [0.717, 1.165) is 17.8 Å². The number of nitrogens with one attached hydrogen (secondary N) is 2. The van der Waals surface area contributed by atoms with Crippen molar-refractivity contribution in [2.45, 2.75) is 12.7 Å². The molecule has 8 heteroatoms. The summed E-state index contributed by atoms with van der Waals surface area (Å²) in [4.78, 5) is 12.1. The van der Waals surface area contributed by atoms with Crippen LogP contribution in [0.1, 0.15) is 21.5 Å². The topological polar surface area (TPSA) is 75.3 Å². The monoisotopic (exact) mass is 412 g/mol. The average Bonchev–Trinajstić information content (AvgIpc) is 2.56. The summed E-state index contributed by atoms with van der Waals surface area (Å²) >= 11 is 7.78. The molecule has 140 valence electrons. The van der Waals surface area contributed by atoms with E-state index in [-0.39, 0.29) is 16.6 Å². The van der Waals surface area contributed by atoms with Crippen LogP contribution in [0.5, 0.6) is 0 Å². The SMILES string of the molecule is Cc1ccc(CSCCNC(=O)c2ccc(NS(C)(=O)=O)c(Cl)c2)cc1. The van der Waals surface area contributed by atoms with Gasteiger partial charge in [-0.3, -0.25) is 9.52 Å². The normalized spacial score (nSPS) is 11.2. The molecule has 26 heavy (non-hydrogen) atoms. The summed E-state index contributed by atoms with van der Waals surface area (Å²) in [6, 6.07) is 12.8. The fourth-order valence-electron chi connectivity index (χ4n) is 2.15. The van der Waals surface area contributed by atoms with E-state index in [0.29, 0.717) is 12.1 Å². The van der Waals surface area contributed by atoms with Crippen molar-refractivity contribution < 1.29 is 13.2 Å². The van der Waals surface area contributed by atoms with Crippen LogP contribution in [0, 0.1) is 6.92 Å². The fourth-order valence-corrected chi connectivity index (χ4v) is 3.83. The van der Waals surface area contributed by atoms with E-state index in [1.807, 2.05) is 0 Å². The molecule has 1 amide bonds. The minimum absolute atomic E-state index is 0.178. The van der Waals surface area contributed by atoms with E-state index in [1.165, 1.54) is 29.3 Å². The number of anilines is 1. The predicted octanol–water partition coefficient (Wildman–Crippen LogP) is 3.68. The van der Waals surface area contributed by atoms with Crippen LogP contribution in [0.2, 0.25) is 5.02 Å². The summed E-state index contributed by atoms with van der Waals surface area (Å²) in [5.74, 6) is 1.45. The molecule has 5 nitrogen and oxygen atoms in total. The molecule has 2 rings (SSSR count). The number of halogens is 1. The van der Waals surface area contributed by atoms with Gasteiger partial charge < -0.3 is 5.32 Å². The number of carbonyl (C=O) groups is 1. The molecule has 0 atom stereocenters. The first-order valence-corrected chi connectivity index (χ1v) is 11.4. The van der Waals surface area contributed by atoms with Crippen LogP contribution in [-0.4, -0.2) is 32.9 Å². The molecular formula is C18H21ClN2O3S2. The maximum atomic E-state index is 12.1. The van der Waals surface area contributed by atoms with Gasteiger partial charge in [0.15, 0.2) is 0 Å². The number of amides is 1. The minimum Gasteiger partial charge on any atom is -0.351 e. The van der Waals surface area contributed by atoms with Crippen LogP contribution in [0.4, 0.5) is 5.69 Å². The van der Waals surface area contributed by atoms with Crippen LogP contribution in [-0.2, 0) is 15.8 Å². The number of rotatable bonds is 8. The highest BCUT2D eigenvalue weighted by Crippen LogP contribution is 2.23. The molecule has 0 heterocycles. The Labute approximate surface area is 163 Å². The van der Waals surface area contributed by atoms with Crippen LogP contribution in [0.25, 0.3) is 0 Å². The molecule has 0 unspecified atom stereocenters. The first kappa shape index (κ1) is 20.6. The Bertz CT molecular complexity index is 869. The number of sulfonamides is 1. The highest BCUT2D eigenvalue weighted by atomic mass is 35.5. The fraction of sp³-hybridized carbons (Fsp3) is 0.278. The Morgan fingerprint density at radius 3 is 2.46 bits per heavy atom. The Hall–Kier alpha value is -1.70. The van der Waals surface area contributed by atoms with Crippen molar-refractivity contribution in [3.05, 3.63) is 64.2 Å². The lowest BCUT2D eigenvalue weighted by atomic mass is 10.2. The third-order valence-corrected chi connectivity index (χ3v) is 5.38. The minimum atomic E-state index is -3.42. The standard InChI is InChI=1S/C18H21ClN2O3S2/c1-13-3-5-14(6-4-13)12-25-10-9-20-18(22)15-7-8-17(16(19)11-15)21-26(2,23)24/h3-8,11,21H,9-10,12H2,1-2H3,(H,20,22). The lowest BCUT2D eigenvalue weighted by Crippen LogP contribution is -2.25. The predicted molar refractivity (Wildman–Crippen MR) is 110 cm³/mol. The molecule has 0 saturated heterocycles. The first-order chi connectivity index (χ1) is 12.2. The van der Waals surface area contributed by atoms with Gasteiger partial charge in [-0.05, 0) is 30.7 Å². The van der Waals surface area contributed by atoms with Crippen molar-refractivity contribution in [2.75, 3.05) is 23.3 Å². The van der Waals surface area contributed by atoms with Crippen LogP contribution in [0.15, 0.2) is 42.5 Å². The molecule has 2 N–H and O–H groups in total. The second kappa shape index (κ2) is 9.30.